The first kappa shape index (κ1) is 19.2. The van der Waals surface area contributed by atoms with Crippen LogP contribution < -0.4 is 10.9 Å². The lowest BCUT2D eigenvalue weighted by Gasteiger charge is -2.09. The predicted molar refractivity (Wildman–Crippen MR) is 108 cm³/mol. The van der Waals surface area contributed by atoms with Crippen LogP contribution in [0, 0.1) is 13.8 Å². The summed E-state index contributed by atoms with van der Waals surface area (Å²) in [5, 5.41) is 6.51. The predicted octanol–water partition coefficient (Wildman–Crippen LogP) is 2.12. The van der Waals surface area contributed by atoms with Gasteiger partial charge in [0.2, 0.25) is 5.91 Å². The van der Waals surface area contributed by atoms with E-state index in [1.54, 1.807) is 13.1 Å². The second-order valence-electron chi connectivity index (χ2n) is 6.64. The van der Waals surface area contributed by atoms with Crippen LogP contribution in [0.2, 0.25) is 0 Å². The van der Waals surface area contributed by atoms with E-state index >= 15 is 0 Å². The largest absolute Gasteiger partial charge is 0.334 e. The summed E-state index contributed by atoms with van der Waals surface area (Å²) in [6.45, 7) is 3.75. The summed E-state index contributed by atoms with van der Waals surface area (Å²) in [5.41, 5.74) is 1.47. The quantitative estimate of drug-likeness (QED) is 0.521. The fourth-order valence-electron chi connectivity index (χ4n) is 2.96. The zero-order chi connectivity index (χ0) is 21.1. The van der Waals surface area contributed by atoms with Crippen molar-refractivity contribution < 1.29 is 9.32 Å². The lowest BCUT2D eigenvalue weighted by atomic mass is 10.2. The summed E-state index contributed by atoms with van der Waals surface area (Å²) in [5.74, 6) is 1.20. The van der Waals surface area contributed by atoms with E-state index in [-0.39, 0.29) is 35.9 Å². The summed E-state index contributed by atoms with van der Waals surface area (Å²) in [6.07, 6.45) is 6.46. The molecule has 30 heavy (non-hydrogen) atoms. The van der Waals surface area contributed by atoms with Crippen LogP contribution in [0.15, 0.2) is 58.5 Å². The van der Waals surface area contributed by atoms with Crippen molar-refractivity contribution in [3.05, 3.63) is 71.2 Å². The van der Waals surface area contributed by atoms with E-state index in [9.17, 15) is 9.59 Å². The Morgan fingerprint density at radius 3 is 2.67 bits per heavy atom. The number of benzene rings is 1. The number of hydrogen-bond acceptors (Lipinski definition) is 7. The summed E-state index contributed by atoms with van der Waals surface area (Å²) >= 11 is 0. The van der Waals surface area contributed by atoms with Gasteiger partial charge >= 0.3 is 0 Å². The lowest BCUT2D eigenvalue weighted by Crippen LogP contribution is -2.24. The molecule has 0 saturated heterocycles. The van der Waals surface area contributed by atoms with Crippen LogP contribution in [-0.2, 0) is 11.3 Å². The molecule has 0 spiro atoms. The molecule has 3 aromatic heterocycles. The van der Waals surface area contributed by atoms with Gasteiger partial charge in [-0.2, -0.15) is 4.98 Å². The van der Waals surface area contributed by atoms with Crippen molar-refractivity contribution in [3.8, 4) is 17.1 Å². The number of hydrogen-bond donors (Lipinski definition) is 1. The molecule has 0 aliphatic rings. The van der Waals surface area contributed by atoms with E-state index in [2.05, 4.69) is 25.4 Å². The molecular formula is C20H19N7O3. The Labute approximate surface area is 171 Å². The Kier molecular flexibility index (Phi) is 5.21. The van der Waals surface area contributed by atoms with Gasteiger partial charge in [0.15, 0.2) is 5.82 Å². The molecule has 0 fully saturated rings. The van der Waals surface area contributed by atoms with Gasteiger partial charge in [0.1, 0.15) is 11.4 Å². The maximum Gasteiger partial charge on any atom is 0.266 e. The second kappa shape index (κ2) is 8.11. The molecule has 1 N–H and O–H groups in total. The first-order chi connectivity index (χ1) is 14.5. The minimum Gasteiger partial charge on any atom is -0.334 e. The molecule has 4 aromatic rings. The fraction of sp³-hybridized carbons (Fsp3) is 0.200. The van der Waals surface area contributed by atoms with Crippen LogP contribution in [0.4, 0.5) is 5.69 Å². The number of aromatic nitrogens is 6. The SMILES string of the molecule is Cc1noc(-c2cncn(CCC(=O)Nc3ccc(-n4ccnc4C)cc3)c2=O)n1. The second-order valence-corrected chi connectivity index (χ2v) is 6.64. The molecule has 0 aliphatic heterocycles. The molecule has 0 atom stereocenters. The highest BCUT2D eigenvalue weighted by atomic mass is 16.5. The Bertz CT molecular complexity index is 1240. The summed E-state index contributed by atoms with van der Waals surface area (Å²) in [4.78, 5) is 37.2. The van der Waals surface area contributed by atoms with E-state index in [4.69, 9.17) is 4.52 Å². The number of nitrogens with zero attached hydrogens (tertiary/aromatic N) is 6. The number of nitrogens with one attached hydrogen (secondary N) is 1. The topological polar surface area (TPSA) is 121 Å². The maximum absolute atomic E-state index is 12.6. The van der Waals surface area contributed by atoms with Crippen LogP contribution >= 0.6 is 0 Å². The highest BCUT2D eigenvalue weighted by Gasteiger charge is 2.14. The number of rotatable bonds is 6. The average molecular weight is 405 g/mol. The number of aryl methyl sites for hydroxylation is 3. The smallest absolute Gasteiger partial charge is 0.266 e. The van der Waals surface area contributed by atoms with Gasteiger partial charge in [-0.1, -0.05) is 5.16 Å². The van der Waals surface area contributed by atoms with Gasteiger partial charge in [-0.3, -0.25) is 14.2 Å². The third kappa shape index (κ3) is 4.02. The lowest BCUT2D eigenvalue weighted by molar-refractivity contribution is -0.116. The van der Waals surface area contributed by atoms with Crippen molar-refractivity contribution in [2.45, 2.75) is 26.8 Å². The maximum atomic E-state index is 12.6. The average Bonchev–Trinajstić information content (AvgIpc) is 3.36. The first-order valence-electron chi connectivity index (χ1n) is 9.26. The summed E-state index contributed by atoms with van der Waals surface area (Å²) in [7, 11) is 0. The molecule has 1 aromatic carbocycles. The standard InChI is InChI=1S/C20H19N7O3/c1-13-23-19(30-25-13)17-11-21-12-26(20(17)29)9-7-18(28)24-15-3-5-16(6-4-15)27-10-8-22-14(27)2/h3-6,8,10-12H,7,9H2,1-2H3,(H,24,28). The molecule has 1 amide bonds. The fourth-order valence-corrected chi connectivity index (χ4v) is 2.96. The van der Waals surface area contributed by atoms with Crippen molar-refractivity contribution in [1.29, 1.82) is 0 Å². The Morgan fingerprint density at radius 2 is 2.00 bits per heavy atom. The van der Waals surface area contributed by atoms with Gasteiger partial charge in [0, 0.05) is 42.9 Å². The molecule has 10 heteroatoms. The number of imidazole rings is 1. The molecule has 0 bridgehead atoms. The van der Waals surface area contributed by atoms with E-state index in [0.29, 0.717) is 11.5 Å². The van der Waals surface area contributed by atoms with Crippen LogP contribution in [0.1, 0.15) is 18.1 Å². The van der Waals surface area contributed by atoms with Gasteiger partial charge in [0.05, 0.1) is 6.33 Å². The molecule has 152 valence electrons. The van der Waals surface area contributed by atoms with Crippen molar-refractivity contribution in [2.24, 2.45) is 0 Å². The zero-order valence-electron chi connectivity index (χ0n) is 16.4. The molecule has 4 rings (SSSR count). The highest BCUT2D eigenvalue weighted by Crippen LogP contribution is 2.15. The van der Waals surface area contributed by atoms with Gasteiger partial charge in [-0.05, 0) is 38.1 Å². The normalized spacial score (nSPS) is 10.9. The van der Waals surface area contributed by atoms with Crippen LogP contribution in [-0.4, -0.2) is 35.1 Å². The number of amides is 1. The van der Waals surface area contributed by atoms with Crippen molar-refractivity contribution in [1.82, 2.24) is 29.2 Å². The van der Waals surface area contributed by atoms with Crippen LogP contribution in [0.25, 0.3) is 17.1 Å². The van der Waals surface area contributed by atoms with E-state index in [1.807, 2.05) is 42.0 Å². The number of carbonyl (C=O) groups excluding carboxylic acids is 1. The van der Waals surface area contributed by atoms with E-state index in [0.717, 1.165) is 11.5 Å². The minimum atomic E-state index is -0.346. The zero-order valence-corrected chi connectivity index (χ0v) is 16.4. The molecule has 0 aliphatic carbocycles. The number of carbonyl (C=O) groups is 1. The van der Waals surface area contributed by atoms with E-state index in [1.165, 1.54) is 17.1 Å². The molecule has 0 unspecified atom stereocenters. The third-order valence-corrected chi connectivity index (χ3v) is 4.49. The van der Waals surface area contributed by atoms with Crippen LogP contribution in [0.5, 0.6) is 0 Å². The molecule has 3 heterocycles. The Balaban J connectivity index is 1.40. The monoisotopic (exact) mass is 405 g/mol. The summed E-state index contributed by atoms with van der Waals surface area (Å²) in [6, 6.07) is 7.43. The van der Waals surface area contributed by atoms with Gasteiger partial charge < -0.3 is 14.4 Å². The highest BCUT2D eigenvalue weighted by molar-refractivity contribution is 5.90. The molecular weight excluding hydrogens is 386 g/mol. The van der Waals surface area contributed by atoms with Crippen molar-refractivity contribution in [2.75, 3.05) is 5.32 Å². The van der Waals surface area contributed by atoms with Crippen molar-refractivity contribution in [3.63, 3.8) is 0 Å². The summed E-state index contributed by atoms with van der Waals surface area (Å²) < 4.78 is 8.33. The number of anilines is 1. The van der Waals surface area contributed by atoms with Crippen molar-refractivity contribution >= 4 is 11.6 Å². The Morgan fingerprint density at radius 1 is 1.20 bits per heavy atom. The van der Waals surface area contributed by atoms with E-state index < -0.39 is 0 Å². The first-order valence-corrected chi connectivity index (χ1v) is 9.26. The van der Waals surface area contributed by atoms with Gasteiger partial charge in [-0.15, -0.1) is 0 Å². The molecule has 0 saturated carbocycles. The third-order valence-electron chi connectivity index (χ3n) is 4.49. The minimum absolute atomic E-state index is 0.107. The Hall–Kier alpha value is -4.08. The molecule has 10 nitrogen and oxygen atoms in total. The van der Waals surface area contributed by atoms with Gasteiger partial charge in [0.25, 0.3) is 11.4 Å². The van der Waals surface area contributed by atoms with Gasteiger partial charge in [-0.25, -0.2) is 9.97 Å². The van der Waals surface area contributed by atoms with Crippen LogP contribution in [0.3, 0.4) is 0 Å². The molecule has 0 radical (unpaired) electrons.